The van der Waals surface area contributed by atoms with Crippen LogP contribution in [0.4, 0.5) is 0 Å². The van der Waals surface area contributed by atoms with Crippen LogP contribution in [-0.4, -0.2) is 44.5 Å². The molecule has 0 bridgehead atoms. The third kappa shape index (κ3) is 19.0. The molecule has 0 N–H and O–H groups in total. The number of aromatic nitrogens is 4. The number of aryl methyl sites for hydroxylation is 2. The number of hydrogen-bond acceptors (Lipinski definition) is 5. The van der Waals surface area contributed by atoms with Gasteiger partial charge in [-0.2, -0.15) is 18.2 Å². The average Bonchev–Trinajstić information content (AvgIpc) is 3.99. The van der Waals surface area contributed by atoms with Gasteiger partial charge in [0.2, 0.25) is 0 Å². The fourth-order valence-corrected chi connectivity index (χ4v) is 13.3. The van der Waals surface area contributed by atoms with Crippen LogP contribution in [0.2, 0.25) is 0 Å². The molecule has 0 radical (unpaired) electrons. The first kappa shape index (κ1) is 57.6. The minimum Gasteiger partial charge on any atom is -0.394 e. The molecule has 1 aliphatic heterocycles. The molecule has 5 nitrogen and oxygen atoms in total. The molecule has 9 heteroatoms. The van der Waals surface area contributed by atoms with E-state index in [0.717, 1.165) is 51.6 Å². The van der Waals surface area contributed by atoms with E-state index >= 15 is 0 Å². The Morgan fingerprint density at radius 2 is 1.10 bits per heavy atom. The Labute approximate surface area is 438 Å². The van der Waals surface area contributed by atoms with E-state index in [1.807, 2.05) is 68.4 Å². The molecule has 3 aliphatic rings. The third-order valence-corrected chi connectivity index (χ3v) is 17.1. The maximum Gasteiger partial charge on any atom is -0.0813 e. The first-order valence-electron chi connectivity index (χ1n) is 25.1. The SMILES string of the molecule is C1CCOC1.CC(C)c1cc(C(C)C)c(-c2ccccc2P(C2CCCCC2)C2CCCCC2)c(C(C)C)c1.Cc1ncccc1-c1ccccn1.Cc1ncccc1Br.[Zn+][Br].[c-]1ccccn1. The fraction of sp³-hybridized carbons (Fsp3) is 0.458. The molecule has 3 fully saturated rings. The second kappa shape index (κ2) is 32.8. The van der Waals surface area contributed by atoms with Crippen molar-refractivity contribution in [3.63, 3.8) is 0 Å². The smallest absolute Gasteiger partial charge is 0.0813 e. The Bertz CT molecular complexity index is 2160. The van der Waals surface area contributed by atoms with Gasteiger partial charge in [-0.15, -0.1) is 0 Å². The molecule has 0 spiro atoms. The van der Waals surface area contributed by atoms with E-state index in [1.54, 1.807) is 58.4 Å². The van der Waals surface area contributed by atoms with Crippen molar-refractivity contribution in [3.8, 4) is 22.4 Å². The standard InChI is InChI=1S/C33H49P.C11H10N2.C6H6BrN.C5H4N.C4H8O.BrH.Zn/c1-23(2)26-21-30(24(3)4)33(31(22-26)25(5)6)29-19-13-14-20-32(29)34(27-15-9-7-10-16-27)28-17-11-8-12-18-28;1-9-10(5-4-8-12-9)11-6-2-3-7-13-11;1-5-6(7)3-2-4-8-5;1-2-4-6-5-3-1;1-2-4-5-3-1;;/h13-14,19-25,27-28H,7-12,15-18H2,1-6H3;2-8H,1H3;2-4H,1H3;1-4H;1-4H2;1H;/q;;;-1;;;+2/p-1. The number of hydrogen-bond donors (Lipinski definition) is 0. The van der Waals surface area contributed by atoms with Gasteiger partial charge in [-0.1, -0.05) is 143 Å². The van der Waals surface area contributed by atoms with Gasteiger partial charge in [0.1, 0.15) is 0 Å². The molecule has 0 unspecified atom stereocenters. The zero-order valence-electron chi connectivity index (χ0n) is 42.4. The Hall–Kier alpha value is -2.99. The summed E-state index contributed by atoms with van der Waals surface area (Å²) in [6, 6.07) is 34.1. The zero-order valence-corrected chi connectivity index (χ0v) is 49.5. The van der Waals surface area contributed by atoms with Crippen molar-refractivity contribution >= 4 is 42.8 Å². The van der Waals surface area contributed by atoms with Gasteiger partial charge >= 0.3 is 30.0 Å². The van der Waals surface area contributed by atoms with E-state index in [9.17, 15) is 0 Å². The van der Waals surface area contributed by atoms with Crippen molar-refractivity contribution in [2.75, 3.05) is 13.2 Å². The molecule has 360 valence electrons. The van der Waals surface area contributed by atoms with E-state index < -0.39 is 0 Å². The number of pyridine rings is 4. The molecule has 0 atom stereocenters. The number of halogens is 2. The molecule has 5 heterocycles. The number of rotatable bonds is 8. The van der Waals surface area contributed by atoms with Crippen LogP contribution in [0, 0.1) is 20.0 Å². The van der Waals surface area contributed by atoms with Crippen LogP contribution < -0.4 is 5.30 Å². The zero-order chi connectivity index (χ0) is 49.1. The van der Waals surface area contributed by atoms with E-state index in [2.05, 4.69) is 134 Å². The summed E-state index contributed by atoms with van der Waals surface area (Å²) in [7, 11) is -0.120. The maximum absolute atomic E-state index is 4.94. The van der Waals surface area contributed by atoms with Gasteiger partial charge in [0.25, 0.3) is 0 Å². The summed E-state index contributed by atoms with van der Waals surface area (Å²) < 4.78 is 6.01. The first-order chi connectivity index (χ1) is 33.1. The summed E-state index contributed by atoms with van der Waals surface area (Å²) in [5.41, 5.74) is 13.8. The quantitative estimate of drug-likeness (QED) is 0.0863. The van der Waals surface area contributed by atoms with Crippen molar-refractivity contribution in [3.05, 3.63) is 161 Å². The van der Waals surface area contributed by atoms with Crippen LogP contribution in [0.1, 0.15) is 164 Å². The molecule has 1 saturated heterocycles. The normalized spacial score (nSPS) is 14.8. The minimum atomic E-state index is -0.120. The number of ether oxygens (including phenoxy) is 1. The van der Waals surface area contributed by atoms with Crippen molar-refractivity contribution < 1.29 is 21.1 Å². The minimum absolute atomic E-state index is 0.120. The molecule has 2 aromatic carbocycles. The van der Waals surface area contributed by atoms with E-state index in [-0.39, 0.29) is 7.92 Å². The van der Waals surface area contributed by atoms with Gasteiger partial charge < -0.3 is 9.72 Å². The molecule has 2 saturated carbocycles. The Morgan fingerprint density at radius 3 is 1.51 bits per heavy atom. The Balaban J connectivity index is 0.000000237. The number of nitrogens with zero attached hydrogens (tertiary/aromatic N) is 4. The van der Waals surface area contributed by atoms with Crippen molar-refractivity contribution in [1.82, 2.24) is 19.9 Å². The van der Waals surface area contributed by atoms with Crippen LogP contribution in [0.3, 0.4) is 0 Å². The Kier molecular flexibility index (Phi) is 27.8. The topological polar surface area (TPSA) is 60.8 Å². The second-order valence-corrected chi connectivity index (χ2v) is 22.4. The maximum atomic E-state index is 4.94. The largest absolute Gasteiger partial charge is 0.394 e. The van der Waals surface area contributed by atoms with Gasteiger partial charge in [-0.05, 0) is 167 Å². The van der Waals surface area contributed by atoms with Gasteiger partial charge in [-0.25, -0.2) is 0 Å². The van der Waals surface area contributed by atoms with Gasteiger partial charge in [0.15, 0.2) is 0 Å². The molecule has 2 aliphatic carbocycles. The van der Waals surface area contributed by atoms with Crippen LogP contribution in [0.25, 0.3) is 22.4 Å². The number of benzene rings is 2. The predicted octanol–water partition coefficient (Wildman–Crippen LogP) is 17.6. The summed E-state index contributed by atoms with van der Waals surface area (Å²) >= 11 is 7.58. The first-order valence-corrected chi connectivity index (χ1v) is 34.4. The summed E-state index contributed by atoms with van der Waals surface area (Å²) in [5, 5.41) is 1.75. The van der Waals surface area contributed by atoms with Gasteiger partial charge in [-0.3, -0.25) is 15.0 Å². The molecule has 0 amide bonds. The molecule has 6 aromatic rings. The molecule has 68 heavy (non-hydrogen) atoms. The van der Waals surface area contributed by atoms with Gasteiger partial charge in [0, 0.05) is 47.5 Å². The second-order valence-electron chi connectivity index (χ2n) is 18.7. The third-order valence-electron chi connectivity index (χ3n) is 12.8. The summed E-state index contributed by atoms with van der Waals surface area (Å²) in [4.78, 5) is 16.2. The average molecular weight is 1110 g/mol. The summed E-state index contributed by atoms with van der Waals surface area (Å²) in [6.45, 7) is 20.3. The Morgan fingerprint density at radius 1 is 0.574 bits per heavy atom. The van der Waals surface area contributed by atoms with Crippen LogP contribution in [0.5, 0.6) is 0 Å². The summed E-state index contributed by atoms with van der Waals surface area (Å²) in [5.74, 6) is 1.64. The van der Waals surface area contributed by atoms with E-state index in [1.165, 1.54) is 99.0 Å². The van der Waals surface area contributed by atoms with Crippen LogP contribution in [0.15, 0.2) is 126 Å². The van der Waals surface area contributed by atoms with Crippen molar-refractivity contribution in [1.29, 1.82) is 0 Å². The molecular formula is C59H77Br2N4OPZn. The predicted molar refractivity (Wildman–Crippen MR) is 295 cm³/mol. The van der Waals surface area contributed by atoms with E-state index in [4.69, 9.17) is 4.74 Å². The van der Waals surface area contributed by atoms with Crippen molar-refractivity contribution in [2.45, 2.75) is 162 Å². The van der Waals surface area contributed by atoms with Gasteiger partial charge in [0.05, 0.1) is 11.4 Å². The molecular weight excluding hydrogens is 1040 g/mol. The summed E-state index contributed by atoms with van der Waals surface area (Å²) in [6.07, 6.45) is 26.9. The molecule has 4 aromatic heterocycles. The van der Waals surface area contributed by atoms with Crippen molar-refractivity contribution in [2.24, 2.45) is 0 Å². The van der Waals surface area contributed by atoms with E-state index in [0.29, 0.717) is 17.8 Å². The monoisotopic (exact) mass is 1110 g/mol. The fourth-order valence-electron chi connectivity index (χ4n) is 9.12. The van der Waals surface area contributed by atoms with Crippen LogP contribution >= 0.6 is 37.5 Å². The molecule has 9 rings (SSSR count). The van der Waals surface area contributed by atoms with Crippen LogP contribution in [-0.2, 0) is 21.1 Å².